The van der Waals surface area contributed by atoms with Crippen molar-refractivity contribution < 1.29 is 4.74 Å². The van der Waals surface area contributed by atoms with Crippen LogP contribution in [-0.2, 0) is 5.41 Å². The Morgan fingerprint density at radius 1 is 0.926 bits per heavy atom. The maximum Gasteiger partial charge on any atom is 0.212 e. The third kappa shape index (κ3) is 2.07. The van der Waals surface area contributed by atoms with Gasteiger partial charge in [-0.3, -0.25) is 0 Å². The van der Waals surface area contributed by atoms with Crippen molar-refractivity contribution >= 4 is 22.5 Å². The summed E-state index contributed by atoms with van der Waals surface area (Å²) in [6, 6.07) is 21.6. The standard InChI is InChI=1S/C25H25NO/c1-4-17-26-22-12-8-7-11-21(22)24(2,3)25(26)16-15-20-19-10-6-5-9-18(19)13-14-23(20)27-25/h5-16H,4,17H2,1-3H3. The Morgan fingerprint density at radius 2 is 1.70 bits per heavy atom. The lowest BCUT2D eigenvalue weighted by atomic mass is 9.76. The van der Waals surface area contributed by atoms with Crippen LogP contribution >= 0.6 is 0 Å². The number of para-hydroxylation sites is 1. The summed E-state index contributed by atoms with van der Waals surface area (Å²) in [5.74, 6) is 0.971. The number of hydrogen-bond acceptors (Lipinski definition) is 2. The predicted octanol–water partition coefficient (Wildman–Crippen LogP) is 6.15. The van der Waals surface area contributed by atoms with Crippen LogP contribution in [0.5, 0.6) is 5.75 Å². The Hall–Kier alpha value is -2.74. The molecule has 0 aromatic heterocycles. The highest BCUT2D eigenvalue weighted by atomic mass is 16.5. The molecule has 1 spiro atoms. The van der Waals surface area contributed by atoms with Gasteiger partial charge in [0.15, 0.2) is 0 Å². The second-order valence-corrected chi connectivity index (χ2v) is 8.12. The van der Waals surface area contributed by atoms with Crippen molar-refractivity contribution in [3.05, 3.63) is 77.9 Å². The molecule has 0 radical (unpaired) electrons. The Kier molecular flexibility index (Phi) is 3.42. The van der Waals surface area contributed by atoms with Gasteiger partial charge in [-0.05, 0) is 60.9 Å². The first-order chi connectivity index (χ1) is 13.1. The van der Waals surface area contributed by atoms with Gasteiger partial charge in [-0.25, -0.2) is 0 Å². The van der Waals surface area contributed by atoms with Crippen LogP contribution in [0.1, 0.15) is 38.3 Å². The van der Waals surface area contributed by atoms with Gasteiger partial charge in [0.05, 0.1) is 5.41 Å². The van der Waals surface area contributed by atoms with Crippen LogP contribution in [-0.4, -0.2) is 12.3 Å². The third-order valence-corrected chi connectivity index (χ3v) is 6.28. The van der Waals surface area contributed by atoms with Crippen molar-refractivity contribution in [2.75, 3.05) is 11.4 Å². The highest BCUT2D eigenvalue weighted by Crippen LogP contribution is 2.55. The van der Waals surface area contributed by atoms with E-state index in [1.54, 1.807) is 0 Å². The summed E-state index contributed by atoms with van der Waals surface area (Å²) in [4.78, 5) is 2.46. The first kappa shape index (κ1) is 16.4. The molecule has 0 aliphatic carbocycles. The molecule has 27 heavy (non-hydrogen) atoms. The van der Waals surface area contributed by atoms with E-state index >= 15 is 0 Å². The number of hydrogen-bond donors (Lipinski definition) is 0. The number of nitrogens with zero attached hydrogens (tertiary/aromatic N) is 1. The summed E-state index contributed by atoms with van der Waals surface area (Å²) in [7, 11) is 0. The Balaban J connectivity index is 1.72. The molecule has 3 aromatic carbocycles. The molecular formula is C25H25NO. The number of fused-ring (bicyclic) bond motifs is 4. The minimum Gasteiger partial charge on any atom is -0.463 e. The lowest BCUT2D eigenvalue weighted by Crippen LogP contribution is -2.59. The quantitative estimate of drug-likeness (QED) is 0.547. The second-order valence-electron chi connectivity index (χ2n) is 8.12. The predicted molar refractivity (Wildman–Crippen MR) is 113 cm³/mol. The molecule has 136 valence electrons. The molecule has 1 unspecified atom stereocenters. The van der Waals surface area contributed by atoms with Gasteiger partial charge in [-0.15, -0.1) is 0 Å². The van der Waals surface area contributed by atoms with Crippen molar-refractivity contribution in [2.45, 2.75) is 38.3 Å². The van der Waals surface area contributed by atoms with E-state index in [1.165, 1.54) is 27.6 Å². The number of benzene rings is 3. The van der Waals surface area contributed by atoms with Crippen LogP contribution in [0.4, 0.5) is 5.69 Å². The third-order valence-electron chi connectivity index (χ3n) is 6.28. The zero-order valence-electron chi connectivity index (χ0n) is 16.2. The summed E-state index contributed by atoms with van der Waals surface area (Å²) in [5.41, 5.74) is 3.17. The molecule has 5 rings (SSSR count). The second kappa shape index (κ2) is 5.63. The van der Waals surface area contributed by atoms with Crippen LogP contribution in [0.3, 0.4) is 0 Å². The van der Waals surface area contributed by atoms with Crippen molar-refractivity contribution in [3.8, 4) is 5.75 Å². The van der Waals surface area contributed by atoms with Crippen molar-refractivity contribution in [2.24, 2.45) is 0 Å². The van der Waals surface area contributed by atoms with E-state index in [4.69, 9.17) is 4.74 Å². The molecule has 1 atom stereocenters. The Labute approximate surface area is 161 Å². The maximum atomic E-state index is 6.89. The zero-order valence-corrected chi connectivity index (χ0v) is 16.2. The number of ether oxygens (including phenoxy) is 1. The van der Waals surface area contributed by atoms with Gasteiger partial charge < -0.3 is 9.64 Å². The van der Waals surface area contributed by atoms with Gasteiger partial charge in [0.2, 0.25) is 5.72 Å². The highest BCUT2D eigenvalue weighted by molar-refractivity contribution is 5.94. The SMILES string of the molecule is CCCN1c2ccccc2C(C)(C)C12C=Cc1c(ccc3ccccc13)O2. The van der Waals surface area contributed by atoms with Crippen LogP contribution in [0.25, 0.3) is 16.8 Å². The van der Waals surface area contributed by atoms with E-state index in [0.29, 0.717) is 0 Å². The van der Waals surface area contributed by atoms with Gasteiger partial charge >= 0.3 is 0 Å². The lowest BCUT2D eigenvalue weighted by molar-refractivity contribution is 0.0537. The van der Waals surface area contributed by atoms with Gasteiger partial charge in [-0.1, -0.05) is 55.5 Å². The molecule has 0 fully saturated rings. The van der Waals surface area contributed by atoms with Crippen molar-refractivity contribution in [1.82, 2.24) is 0 Å². The Morgan fingerprint density at radius 3 is 2.56 bits per heavy atom. The largest absolute Gasteiger partial charge is 0.463 e. The fourth-order valence-electron chi connectivity index (χ4n) is 4.87. The average molecular weight is 355 g/mol. The topological polar surface area (TPSA) is 12.5 Å². The minimum atomic E-state index is -0.498. The first-order valence-corrected chi connectivity index (χ1v) is 9.85. The molecule has 2 aliphatic heterocycles. The van der Waals surface area contributed by atoms with Crippen molar-refractivity contribution in [3.63, 3.8) is 0 Å². The molecule has 2 heteroatoms. The zero-order chi connectivity index (χ0) is 18.6. The molecule has 0 bridgehead atoms. The summed E-state index contributed by atoms with van der Waals surface area (Å²) >= 11 is 0. The molecule has 0 saturated carbocycles. The fourth-order valence-corrected chi connectivity index (χ4v) is 4.87. The number of anilines is 1. The Bertz CT molecular complexity index is 1060. The van der Waals surface area contributed by atoms with E-state index in [9.17, 15) is 0 Å². The normalized spacial score (nSPS) is 22.0. The van der Waals surface area contributed by atoms with Gasteiger partial charge in [0, 0.05) is 17.8 Å². The summed E-state index contributed by atoms with van der Waals surface area (Å²) in [6.45, 7) is 7.80. The fraction of sp³-hybridized carbons (Fsp3) is 0.280. The monoisotopic (exact) mass is 355 g/mol. The van der Waals surface area contributed by atoms with Gasteiger partial charge in [-0.2, -0.15) is 0 Å². The molecule has 2 aliphatic rings. The molecule has 0 amide bonds. The van der Waals surface area contributed by atoms with E-state index in [2.05, 4.69) is 98.5 Å². The molecule has 3 aromatic rings. The number of rotatable bonds is 2. The molecule has 0 N–H and O–H groups in total. The maximum absolute atomic E-state index is 6.89. The average Bonchev–Trinajstić information content (AvgIpc) is 2.87. The molecule has 2 heterocycles. The summed E-state index contributed by atoms with van der Waals surface area (Å²) in [6.07, 6.45) is 5.64. The molecule has 2 nitrogen and oxygen atoms in total. The summed E-state index contributed by atoms with van der Waals surface area (Å²) < 4.78 is 6.89. The first-order valence-electron chi connectivity index (χ1n) is 9.85. The minimum absolute atomic E-state index is 0.154. The smallest absolute Gasteiger partial charge is 0.212 e. The van der Waals surface area contributed by atoms with E-state index in [0.717, 1.165) is 18.7 Å². The molecule has 0 saturated heterocycles. The lowest BCUT2D eigenvalue weighted by Gasteiger charge is -2.47. The van der Waals surface area contributed by atoms with E-state index in [-0.39, 0.29) is 5.41 Å². The van der Waals surface area contributed by atoms with Crippen LogP contribution in [0, 0.1) is 0 Å². The van der Waals surface area contributed by atoms with E-state index < -0.39 is 5.72 Å². The van der Waals surface area contributed by atoms with Gasteiger partial charge in [0.25, 0.3) is 0 Å². The van der Waals surface area contributed by atoms with Gasteiger partial charge in [0.1, 0.15) is 5.75 Å². The van der Waals surface area contributed by atoms with Crippen molar-refractivity contribution in [1.29, 1.82) is 0 Å². The highest BCUT2D eigenvalue weighted by Gasteiger charge is 2.58. The van der Waals surface area contributed by atoms with Crippen LogP contribution in [0.15, 0.2) is 66.7 Å². The van der Waals surface area contributed by atoms with Crippen LogP contribution in [0.2, 0.25) is 0 Å². The van der Waals surface area contributed by atoms with E-state index in [1.807, 2.05) is 0 Å². The van der Waals surface area contributed by atoms with Crippen LogP contribution < -0.4 is 9.64 Å². The molecular weight excluding hydrogens is 330 g/mol. The summed E-state index contributed by atoms with van der Waals surface area (Å²) in [5, 5.41) is 2.50.